The fourth-order valence-electron chi connectivity index (χ4n) is 0.872. The van der Waals surface area contributed by atoms with Crippen LogP contribution in [0, 0.1) is 0 Å². The maximum absolute atomic E-state index is 11.0. The van der Waals surface area contributed by atoms with E-state index in [4.69, 9.17) is 10.9 Å². The summed E-state index contributed by atoms with van der Waals surface area (Å²) in [5.41, 5.74) is 5.50. The van der Waals surface area contributed by atoms with Crippen LogP contribution in [0.25, 0.3) is 0 Å². The lowest BCUT2D eigenvalue weighted by molar-refractivity contribution is 0.318. The van der Waals surface area contributed by atoms with E-state index in [1.807, 2.05) is 0 Å². The molecule has 0 aliphatic carbocycles. The molecule has 0 spiro atoms. The first-order chi connectivity index (χ1) is 5.66. The van der Waals surface area contributed by atoms with Crippen molar-refractivity contribution < 1.29 is 5.21 Å². The van der Waals surface area contributed by atoms with Gasteiger partial charge in [-0.2, -0.15) is 0 Å². The van der Waals surface area contributed by atoms with Crippen LogP contribution < -0.4 is 11.3 Å². The molecule has 12 heavy (non-hydrogen) atoms. The molecule has 5 heteroatoms. The Bertz CT molecular complexity index is 367. The normalized spacial score (nSPS) is 11.6. The molecule has 3 N–H and O–H groups in total. The van der Waals surface area contributed by atoms with E-state index >= 15 is 0 Å². The fraction of sp³-hybridized carbons (Fsp3) is 0.143. The lowest BCUT2D eigenvalue weighted by Gasteiger charge is -2.03. The summed E-state index contributed by atoms with van der Waals surface area (Å²) in [5, 5.41) is 11.1. The molecule has 0 bridgehead atoms. The zero-order chi connectivity index (χ0) is 9.14. The van der Waals surface area contributed by atoms with Crippen molar-refractivity contribution in [3.8, 4) is 0 Å². The lowest BCUT2D eigenvalue weighted by Crippen LogP contribution is -2.26. The standard InChI is InChI=1S/C7H9N3O2/c1-10-5(7(8)9-12)3-2-4-6(10)11/h2-4,12H,1H3,(H2,8,9). The molecule has 0 aromatic carbocycles. The summed E-state index contributed by atoms with van der Waals surface area (Å²) in [4.78, 5) is 11.0. The molecule has 0 atom stereocenters. The van der Waals surface area contributed by atoms with Gasteiger partial charge >= 0.3 is 0 Å². The summed E-state index contributed by atoms with van der Waals surface area (Å²) in [7, 11) is 1.55. The molecule has 64 valence electrons. The predicted molar refractivity (Wildman–Crippen MR) is 44.2 cm³/mol. The van der Waals surface area contributed by atoms with Crippen molar-refractivity contribution in [1.29, 1.82) is 0 Å². The van der Waals surface area contributed by atoms with Crippen molar-refractivity contribution in [2.24, 2.45) is 17.9 Å². The Kier molecular flexibility index (Phi) is 2.14. The van der Waals surface area contributed by atoms with Gasteiger partial charge in [-0.15, -0.1) is 0 Å². The average Bonchev–Trinajstić information content (AvgIpc) is 2.08. The lowest BCUT2D eigenvalue weighted by atomic mass is 10.3. The van der Waals surface area contributed by atoms with E-state index in [2.05, 4.69) is 5.16 Å². The minimum atomic E-state index is -0.195. The van der Waals surface area contributed by atoms with E-state index in [-0.39, 0.29) is 11.4 Å². The van der Waals surface area contributed by atoms with E-state index < -0.39 is 0 Å². The molecule has 0 saturated heterocycles. The van der Waals surface area contributed by atoms with Gasteiger partial charge in [0.2, 0.25) is 0 Å². The highest BCUT2D eigenvalue weighted by atomic mass is 16.4. The van der Waals surface area contributed by atoms with E-state index in [0.29, 0.717) is 5.69 Å². The Hall–Kier alpha value is -1.78. The molecule has 0 saturated carbocycles. The number of pyridine rings is 1. The molecule has 0 aliphatic heterocycles. The van der Waals surface area contributed by atoms with Crippen LogP contribution in [0.15, 0.2) is 28.1 Å². The monoisotopic (exact) mass is 167 g/mol. The second-order valence-corrected chi connectivity index (χ2v) is 2.29. The number of amidine groups is 1. The summed E-state index contributed by atoms with van der Waals surface area (Å²) in [6.07, 6.45) is 0. The zero-order valence-electron chi connectivity index (χ0n) is 6.56. The van der Waals surface area contributed by atoms with Crippen molar-refractivity contribution in [2.45, 2.75) is 0 Å². The number of oxime groups is 1. The van der Waals surface area contributed by atoms with Gasteiger partial charge < -0.3 is 15.5 Å². The summed E-state index contributed by atoms with van der Waals surface area (Å²) in [6, 6.07) is 4.54. The van der Waals surface area contributed by atoms with Crippen LogP contribution in [0.4, 0.5) is 0 Å². The van der Waals surface area contributed by atoms with Gasteiger partial charge in [0.25, 0.3) is 5.56 Å². The van der Waals surface area contributed by atoms with Gasteiger partial charge in [-0.1, -0.05) is 11.2 Å². The Labute approximate surface area is 68.7 Å². The van der Waals surface area contributed by atoms with Gasteiger partial charge in [0.15, 0.2) is 5.84 Å². The van der Waals surface area contributed by atoms with Crippen LogP contribution in [0.3, 0.4) is 0 Å². The van der Waals surface area contributed by atoms with Gasteiger partial charge in [0, 0.05) is 13.1 Å². The van der Waals surface area contributed by atoms with Crippen LogP contribution in [0.1, 0.15) is 5.69 Å². The average molecular weight is 167 g/mol. The summed E-state index contributed by atoms with van der Waals surface area (Å²) >= 11 is 0. The molecule has 0 unspecified atom stereocenters. The first-order valence-electron chi connectivity index (χ1n) is 3.30. The van der Waals surface area contributed by atoms with Crippen molar-refractivity contribution in [3.05, 3.63) is 34.2 Å². The van der Waals surface area contributed by atoms with Crippen LogP contribution in [0.2, 0.25) is 0 Å². The third-order valence-corrected chi connectivity index (χ3v) is 1.55. The van der Waals surface area contributed by atoms with Crippen molar-refractivity contribution in [2.75, 3.05) is 0 Å². The Balaban J connectivity index is 3.36. The van der Waals surface area contributed by atoms with Crippen LogP contribution in [-0.4, -0.2) is 15.6 Å². The largest absolute Gasteiger partial charge is 0.409 e. The third kappa shape index (κ3) is 1.29. The number of nitrogens with zero attached hydrogens (tertiary/aromatic N) is 2. The van der Waals surface area contributed by atoms with E-state index in [1.54, 1.807) is 19.2 Å². The predicted octanol–water partition coefficient (Wildman–Crippen LogP) is -0.520. The van der Waals surface area contributed by atoms with E-state index in [9.17, 15) is 4.79 Å². The topological polar surface area (TPSA) is 80.6 Å². The first kappa shape index (κ1) is 8.32. The molecular weight excluding hydrogens is 158 g/mol. The van der Waals surface area contributed by atoms with E-state index in [1.165, 1.54) is 10.6 Å². The molecule has 0 amide bonds. The van der Waals surface area contributed by atoms with Crippen LogP contribution in [-0.2, 0) is 7.05 Å². The second-order valence-electron chi connectivity index (χ2n) is 2.29. The Morgan fingerprint density at radius 2 is 2.33 bits per heavy atom. The molecule has 1 aromatic rings. The highest BCUT2D eigenvalue weighted by molar-refractivity contribution is 5.95. The van der Waals surface area contributed by atoms with Crippen LogP contribution >= 0.6 is 0 Å². The maximum atomic E-state index is 11.0. The molecule has 1 rings (SSSR count). The van der Waals surface area contributed by atoms with Crippen molar-refractivity contribution in [1.82, 2.24) is 4.57 Å². The highest BCUT2D eigenvalue weighted by Crippen LogP contribution is 1.92. The van der Waals surface area contributed by atoms with Gasteiger partial charge in [0.1, 0.15) is 0 Å². The Morgan fingerprint density at radius 3 is 2.92 bits per heavy atom. The third-order valence-electron chi connectivity index (χ3n) is 1.55. The summed E-state index contributed by atoms with van der Waals surface area (Å²) in [5.74, 6) is -0.0739. The fourth-order valence-corrected chi connectivity index (χ4v) is 0.872. The van der Waals surface area contributed by atoms with Gasteiger partial charge in [-0.25, -0.2) is 0 Å². The zero-order valence-corrected chi connectivity index (χ0v) is 6.56. The smallest absolute Gasteiger partial charge is 0.250 e. The summed E-state index contributed by atoms with van der Waals surface area (Å²) < 4.78 is 1.30. The molecule has 0 radical (unpaired) electrons. The minimum Gasteiger partial charge on any atom is -0.409 e. The molecule has 5 nitrogen and oxygen atoms in total. The quantitative estimate of drug-likeness (QED) is 0.255. The molecule has 1 heterocycles. The van der Waals surface area contributed by atoms with E-state index in [0.717, 1.165) is 0 Å². The maximum Gasteiger partial charge on any atom is 0.250 e. The second kappa shape index (κ2) is 3.08. The molecule has 0 fully saturated rings. The summed E-state index contributed by atoms with van der Waals surface area (Å²) in [6.45, 7) is 0. The number of hydrogen-bond acceptors (Lipinski definition) is 3. The van der Waals surface area contributed by atoms with Gasteiger partial charge in [-0.05, 0) is 6.07 Å². The minimum absolute atomic E-state index is 0.0739. The molecular formula is C7H9N3O2. The Morgan fingerprint density at radius 1 is 1.67 bits per heavy atom. The first-order valence-corrected chi connectivity index (χ1v) is 3.30. The van der Waals surface area contributed by atoms with Crippen molar-refractivity contribution in [3.63, 3.8) is 0 Å². The van der Waals surface area contributed by atoms with Crippen molar-refractivity contribution >= 4 is 5.84 Å². The highest BCUT2D eigenvalue weighted by Gasteiger charge is 2.02. The van der Waals surface area contributed by atoms with Gasteiger partial charge in [0.05, 0.1) is 5.69 Å². The molecule has 0 aliphatic rings. The SMILES string of the molecule is Cn1c(C(N)=NO)cccc1=O. The number of hydrogen-bond donors (Lipinski definition) is 2. The van der Waals surface area contributed by atoms with Crippen LogP contribution in [0.5, 0.6) is 0 Å². The number of aromatic nitrogens is 1. The van der Waals surface area contributed by atoms with Gasteiger partial charge in [-0.3, -0.25) is 4.79 Å². The number of nitrogens with two attached hydrogens (primary N) is 1. The number of rotatable bonds is 1. The molecule has 1 aromatic heterocycles.